The maximum Gasteiger partial charge on any atom is 0.418 e. The first-order valence-corrected chi connectivity index (χ1v) is 9.62. The van der Waals surface area contributed by atoms with Gasteiger partial charge in [0, 0.05) is 5.39 Å². The zero-order valence-electron chi connectivity index (χ0n) is 15.6. The van der Waals surface area contributed by atoms with Crippen LogP contribution in [0.2, 0.25) is 0 Å². The number of aromatic nitrogens is 1. The first kappa shape index (κ1) is 20.2. The minimum absolute atomic E-state index is 0.0313. The summed E-state index contributed by atoms with van der Waals surface area (Å²) in [6.45, 7) is 5.90. The molecule has 1 amide bonds. The SMILES string of the molecule is Cc1cc2c(C)ccc(C)c2nc1SCC(=O)Nc1ccccc1C(F)(F)F. The number of benzene rings is 2. The number of para-hydroxylation sites is 1. The van der Waals surface area contributed by atoms with E-state index in [-0.39, 0.29) is 11.4 Å². The third-order valence-electron chi connectivity index (χ3n) is 4.39. The van der Waals surface area contributed by atoms with Crippen molar-refractivity contribution in [2.75, 3.05) is 11.1 Å². The summed E-state index contributed by atoms with van der Waals surface area (Å²) < 4.78 is 39.2. The van der Waals surface area contributed by atoms with Crippen LogP contribution in [0.4, 0.5) is 18.9 Å². The van der Waals surface area contributed by atoms with E-state index in [2.05, 4.69) is 10.3 Å². The van der Waals surface area contributed by atoms with Crippen LogP contribution in [-0.4, -0.2) is 16.6 Å². The molecule has 3 aromatic rings. The number of halogens is 3. The lowest BCUT2D eigenvalue weighted by Gasteiger charge is -2.14. The molecule has 0 bridgehead atoms. The van der Waals surface area contributed by atoms with E-state index >= 15 is 0 Å². The molecule has 0 aliphatic carbocycles. The lowest BCUT2D eigenvalue weighted by Crippen LogP contribution is -2.18. The first-order valence-electron chi connectivity index (χ1n) is 8.63. The van der Waals surface area contributed by atoms with Crippen LogP contribution < -0.4 is 5.32 Å². The normalized spacial score (nSPS) is 11.6. The van der Waals surface area contributed by atoms with Gasteiger partial charge in [-0.25, -0.2) is 4.98 Å². The van der Waals surface area contributed by atoms with Crippen molar-refractivity contribution in [1.29, 1.82) is 0 Å². The molecule has 0 unspecified atom stereocenters. The number of anilines is 1. The monoisotopic (exact) mass is 404 g/mol. The summed E-state index contributed by atoms with van der Waals surface area (Å²) >= 11 is 1.21. The van der Waals surface area contributed by atoms with E-state index in [1.54, 1.807) is 0 Å². The molecule has 146 valence electrons. The molecule has 1 heterocycles. The lowest BCUT2D eigenvalue weighted by molar-refractivity contribution is -0.137. The van der Waals surface area contributed by atoms with E-state index in [4.69, 9.17) is 0 Å². The first-order chi connectivity index (χ1) is 13.2. The van der Waals surface area contributed by atoms with Crippen molar-refractivity contribution in [3.05, 3.63) is 64.7 Å². The van der Waals surface area contributed by atoms with E-state index in [9.17, 15) is 18.0 Å². The van der Waals surface area contributed by atoms with E-state index < -0.39 is 17.6 Å². The minimum atomic E-state index is -4.52. The molecule has 0 saturated carbocycles. The smallest absolute Gasteiger partial charge is 0.325 e. The Labute approximate surface area is 165 Å². The van der Waals surface area contributed by atoms with Crippen LogP contribution in [0.25, 0.3) is 10.9 Å². The Morgan fingerprint density at radius 2 is 1.71 bits per heavy atom. The summed E-state index contributed by atoms with van der Waals surface area (Å²) in [6.07, 6.45) is -4.52. The molecule has 3 nitrogen and oxygen atoms in total. The number of carbonyl (C=O) groups excluding carboxylic acids is 1. The molecule has 0 spiro atoms. The second kappa shape index (κ2) is 7.83. The van der Waals surface area contributed by atoms with E-state index in [0.717, 1.165) is 33.7 Å². The van der Waals surface area contributed by atoms with Gasteiger partial charge in [-0.15, -0.1) is 0 Å². The predicted octanol–water partition coefficient (Wildman–Crippen LogP) is 5.91. The summed E-state index contributed by atoms with van der Waals surface area (Å²) in [5.74, 6) is -0.542. The lowest BCUT2D eigenvalue weighted by atomic mass is 10.0. The molecule has 28 heavy (non-hydrogen) atoms. The van der Waals surface area contributed by atoms with Gasteiger partial charge in [-0.1, -0.05) is 36.0 Å². The Kier molecular flexibility index (Phi) is 5.65. The Morgan fingerprint density at radius 3 is 2.43 bits per heavy atom. The molecule has 0 atom stereocenters. The molecule has 1 aromatic heterocycles. The third-order valence-corrected chi connectivity index (χ3v) is 5.49. The Bertz CT molecular complexity index is 1050. The van der Waals surface area contributed by atoms with Crippen LogP contribution in [0, 0.1) is 20.8 Å². The maximum absolute atomic E-state index is 13.1. The highest BCUT2D eigenvalue weighted by Gasteiger charge is 2.33. The predicted molar refractivity (Wildman–Crippen MR) is 107 cm³/mol. The fourth-order valence-corrected chi connectivity index (χ4v) is 3.70. The van der Waals surface area contributed by atoms with Gasteiger partial charge in [-0.2, -0.15) is 13.2 Å². The molecule has 3 rings (SSSR count). The van der Waals surface area contributed by atoms with Crippen molar-refractivity contribution < 1.29 is 18.0 Å². The third kappa shape index (κ3) is 4.30. The summed E-state index contributed by atoms with van der Waals surface area (Å²) in [7, 11) is 0. The largest absolute Gasteiger partial charge is 0.418 e. The number of pyridine rings is 1. The van der Waals surface area contributed by atoms with Crippen molar-refractivity contribution >= 4 is 34.3 Å². The van der Waals surface area contributed by atoms with Gasteiger partial charge in [0.2, 0.25) is 5.91 Å². The van der Waals surface area contributed by atoms with Gasteiger partial charge in [0.05, 0.1) is 22.5 Å². The topological polar surface area (TPSA) is 42.0 Å². The standard InChI is InChI=1S/C21H19F3N2OS/c1-12-8-9-13(2)19-15(12)10-14(3)20(26-19)28-11-18(27)25-17-7-5-4-6-16(17)21(22,23)24/h4-10H,11H2,1-3H3,(H,25,27). The number of hydrogen-bond acceptors (Lipinski definition) is 3. The van der Waals surface area contributed by atoms with Crippen LogP contribution in [0.1, 0.15) is 22.3 Å². The molecular formula is C21H19F3N2OS. The molecular weight excluding hydrogens is 385 g/mol. The number of thioether (sulfide) groups is 1. The molecule has 1 N–H and O–H groups in total. The number of nitrogens with zero attached hydrogens (tertiary/aromatic N) is 1. The molecule has 0 radical (unpaired) electrons. The van der Waals surface area contributed by atoms with Gasteiger partial charge in [0.15, 0.2) is 0 Å². The van der Waals surface area contributed by atoms with E-state index in [1.807, 2.05) is 39.0 Å². The van der Waals surface area contributed by atoms with Crippen LogP contribution in [0.15, 0.2) is 47.5 Å². The number of aryl methyl sites for hydroxylation is 3. The Hall–Kier alpha value is -2.54. The van der Waals surface area contributed by atoms with Gasteiger partial charge < -0.3 is 5.32 Å². The fraction of sp³-hybridized carbons (Fsp3) is 0.238. The second-order valence-corrected chi connectivity index (χ2v) is 7.55. The van der Waals surface area contributed by atoms with Crippen LogP contribution in [0.5, 0.6) is 0 Å². The van der Waals surface area contributed by atoms with Crippen molar-refractivity contribution in [2.45, 2.75) is 32.0 Å². The van der Waals surface area contributed by atoms with Crippen molar-refractivity contribution in [1.82, 2.24) is 4.98 Å². The number of nitrogens with one attached hydrogen (secondary N) is 1. The van der Waals surface area contributed by atoms with Crippen LogP contribution >= 0.6 is 11.8 Å². The highest BCUT2D eigenvalue weighted by molar-refractivity contribution is 8.00. The van der Waals surface area contributed by atoms with E-state index in [1.165, 1.54) is 30.0 Å². The quantitative estimate of drug-likeness (QED) is 0.550. The second-order valence-electron chi connectivity index (χ2n) is 6.59. The molecule has 7 heteroatoms. The van der Waals surface area contributed by atoms with E-state index in [0.29, 0.717) is 5.03 Å². The van der Waals surface area contributed by atoms with Gasteiger partial charge in [0.1, 0.15) is 5.03 Å². The van der Waals surface area contributed by atoms with Gasteiger partial charge in [0.25, 0.3) is 0 Å². The minimum Gasteiger partial charge on any atom is -0.325 e. The molecule has 0 aliphatic rings. The number of amides is 1. The maximum atomic E-state index is 13.1. The van der Waals surface area contributed by atoms with Crippen molar-refractivity contribution in [2.24, 2.45) is 0 Å². The molecule has 0 aliphatic heterocycles. The average Bonchev–Trinajstić information content (AvgIpc) is 2.63. The number of hydrogen-bond donors (Lipinski definition) is 1. The molecule has 2 aromatic carbocycles. The number of alkyl halides is 3. The van der Waals surface area contributed by atoms with Crippen LogP contribution in [-0.2, 0) is 11.0 Å². The fourth-order valence-electron chi connectivity index (χ4n) is 2.92. The molecule has 0 saturated heterocycles. The summed E-state index contributed by atoms with van der Waals surface area (Å²) in [4.78, 5) is 16.9. The van der Waals surface area contributed by atoms with Crippen molar-refractivity contribution in [3.63, 3.8) is 0 Å². The number of fused-ring (bicyclic) bond motifs is 1. The highest BCUT2D eigenvalue weighted by atomic mass is 32.2. The Morgan fingerprint density at radius 1 is 1.04 bits per heavy atom. The van der Waals surface area contributed by atoms with Gasteiger partial charge in [-0.05, 0) is 55.7 Å². The highest BCUT2D eigenvalue weighted by Crippen LogP contribution is 2.35. The summed E-state index contributed by atoms with van der Waals surface area (Å²) in [5.41, 5.74) is 2.85. The summed E-state index contributed by atoms with van der Waals surface area (Å²) in [6, 6.07) is 11.0. The number of rotatable bonds is 4. The number of carbonyl (C=O) groups is 1. The Balaban J connectivity index is 1.77. The van der Waals surface area contributed by atoms with Gasteiger partial charge >= 0.3 is 6.18 Å². The zero-order chi connectivity index (χ0) is 20.5. The molecule has 0 fully saturated rings. The van der Waals surface area contributed by atoms with Gasteiger partial charge in [-0.3, -0.25) is 4.79 Å². The van der Waals surface area contributed by atoms with Crippen molar-refractivity contribution in [3.8, 4) is 0 Å². The average molecular weight is 404 g/mol. The zero-order valence-corrected chi connectivity index (χ0v) is 16.5. The van der Waals surface area contributed by atoms with Crippen LogP contribution in [0.3, 0.4) is 0 Å². The summed E-state index contributed by atoms with van der Waals surface area (Å²) in [5, 5.41) is 4.11.